The molecule has 212 valence electrons. The fraction of sp³-hybridized carbons (Fsp3) is 0. The first-order valence-corrected chi connectivity index (χ1v) is 16.7. The Kier molecular flexibility index (Phi) is 4.78. The highest BCUT2D eigenvalue weighted by atomic mass is 32.1. The van der Waals surface area contributed by atoms with Crippen LogP contribution in [0.4, 0.5) is 17.1 Å². The van der Waals surface area contributed by atoms with Gasteiger partial charge in [-0.25, -0.2) is 0 Å². The summed E-state index contributed by atoms with van der Waals surface area (Å²) in [6, 6.07) is 56.6. The molecule has 0 spiro atoms. The topological polar surface area (TPSA) is 3.24 Å². The summed E-state index contributed by atoms with van der Waals surface area (Å²) in [6.07, 6.45) is 0. The summed E-state index contributed by atoms with van der Waals surface area (Å²) in [5.74, 6) is 0. The van der Waals surface area contributed by atoms with Crippen LogP contribution in [0, 0.1) is 0 Å². The van der Waals surface area contributed by atoms with E-state index >= 15 is 0 Å². The highest BCUT2D eigenvalue weighted by molar-refractivity contribution is 7.26. The zero-order valence-corrected chi connectivity index (χ0v) is 25.6. The molecule has 1 heterocycles. The van der Waals surface area contributed by atoms with Crippen molar-refractivity contribution in [3.8, 4) is 0 Å². The number of anilines is 3. The quantitative estimate of drug-likeness (QED) is 0.183. The van der Waals surface area contributed by atoms with Gasteiger partial charge in [0.15, 0.2) is 0 Å². The zero-order valence-electron chi connectivity index (χ0n) is 24.8. The van der Waals surface area contributed by atoms with Gasteiger partial charge in [-0.05, 0) is 78.1 Å². The molecule has 0 amide bonds. The molecule has 0 aliphatic rings. The van der Waals surface area contributed by atoms with E-state index in [1.165, 1.54) is 102 Å². The van der Waals surface area contributed by atoms with Crippen LogP contribution in [0.25, 0.3) is 84.8 Å². The molecule has 1 aromatic heterocycles. The minimum absolute atomic E-state index is 1.20. The van der Waals surface area contributed by atoms with E-state index in [0.29, 0.717) is 0 Å². The van der Waals surface area contributed by atoms with Crippen LogP contribution >= 0.6 is 11.3 Å². The number of hydrogen-bond donors (Lipinski definition) is 0. The highest BCUT2D eigenvalue weighted by Gasteiger charge is 2.24. The molecule has 1 nitrogen and oxygen atoms in total. The van der Waals surface area contributed by atoms with Crippen LogP contribution in [0.1, 0.15) is 0 Å². The lowest BCUT2D eigenvalue weighted by Crippen LogP contribution is -2.11. The van der Waals surface area contributed by atoms with Gasteiger partial charge in [-0.15, -0.1) is 11.3 Å². The zero-order chi connectivity index (χ0) is 29.9. The van der Waals surface area contributed by atoms with Gasteiger partial charge in [-0.1, -0.05) is 127 Å². The maximum absolute atomic E-state index is 2.55. The number of rotatable bonds is 3. The fourth-order valence-corrected chi connectivity index (χ4v) is 9.33. The van der Waals surface area contributed by atoms with Crippen molar-refractivity contribution >= 4 is 113 Å². The fourth-order valence-electron chi connectivity index (χ4n) is 8.13. The third-order valence-electron chi connectivity index (χ3n) is 10.1. The van der Waals surface area contributed by atoms with Crippen molar-refractivity contribution in [2.45, 2.75) is 0 Å². The molecule has 0 saturated carbocycles. The van der Waals surface area contributed by atoms with E-state index in [1.54, 1.807) is 0 Å². The van der Waals surface area contributed by atoms with Crippen LogP contribution in [0.3, 0.4) is 0 Å². The van der Waals surface area contributed by atoms with E-state index in [9.17, 15) is 0 Å². The van der Waals surface area contributed by atoms with Crippen LogP contribution in [0.5, 0.6) is 0 Å². The summed E-state index contributed by atoms with van der Waals surface area (Å²) in [6.45, 7) is 0. The van der Waals surface area contributed by atoms with Crippen LogP contribution < -0.4 is 4.90 Å². The molecule has 0 unspecified atom stereocenters. The minimum atomic E-state index is 1.20. The van der Waals surface area contributed by atoms with Gasteiger partial charge in [0, 0.05) is 26.2 Å². The van der Waals surface area contributed by atoms with E-state index in [2.05, 4.69) is 157 Å². The maximum atomic E-state index is 2.55. The Hall–Kier alpha value is -5.70. The summed E-state index contributed by atoms with van der Waals surface area (Å²) < 4.78 is 2.62. The first kappa shape index (κ1) is 24.6. The summed E-state index contributed by atoms with van der Waals surface area (Å²) >= 11 is 1.89. The third-order valence-corrected chi connectivity index (χ3v) is 11.3. The van der Waals surface area contributed by atoms with E-state index in [-0.39, 0.29) is 0 Å². The molecule has 2 heteroatoms. The number of hydrogen-bond acceptors (Lipinski definition) is 2. The highest BCUT2D eigenvalue weighted by Crippen LogP contribution is 2.50. The smallest absolute Gasteiger partial charge is 0.0640 e. The van der Waals surface area contributed by atoms with E-state index in [1.807, 2.05) is 11.3 Å². The third kappa shape index (κ3) is 3.19. The standard InChI is InChI=1S/C44H25NS/c1-2-13-39-32(10-1)33-11-5-12-38(44(33)46-39)45(36-24-20-30-16-14-26-6-3-8-28-18-22-34(36)42(30)40(26)28)37-25-21-31-17-15-27-7-4-9-29-19-23-35(37)43(31)41(27)29/h1-25H. The van der Waals surface area contributed by atoms with Gasteiger partial charge >= 0.3 is 0 Å². The van der Waals surface area contributed by atoms with E-state index in [4.69, 9.17) is 0 Å². The Morgan fingerprint density at radius 2 is 0.761 bits per heavy atom. The molecule has 0 fully saturated rings. The number of nitrogens with zero attached hydrogens (tertiary/aromatic N) is 1. The van der Waals surface area contributed by atoms with Gasteiger partial charge in [-0.2, -0.15) is 0 Å². The van der Waals surface area contributed by atoms with Crippen LogP contribution in [-0.2, 0) is 0 Å². The van der Waals surface area contributed by atoms with Crippen molar-refractivity contribution in [2.75, 3.05) is 4.90 Å². The van der Waals surface area contributed by atoms with Crippen molar-refractivity contribution < 1.29 is 0 Å². The Balaban J connectivity index is 1.32. The average Bonchev–Trinajstić information content (AvgIpc) is 3.50. The molecule has 0 radical (unpaired) electrons. The SMILES string of the molecule is c1cc2ccc3ccc(N(c4ccc5ccc6cccc7ccc4c5c67)c4cccc5c4sc4ccccc45)c4ccc(c1)c2c34. The second-order valence-electron chi connectivity index (χ2n) is 12.5. The van der Waals surface area contributed by atoms with E-state index < -0.39 is 0 Å². The van der Waals surface area contributed by atoms with Gasteiger partial charge in [0.2, 0.25) is 0 Å². The van der Waals surface area contributed by atoms with Crippen molar-refractivity contribution in [3.05, 3.63) is 152 Å². The van der Waals surface area contributed by atoms with Gasteiger partial charge < -0.3 is 4.90 Å². The first-order valence-electron chi connectivity index (χ1n) is 15.9. The predicted molar refractivity (Wildman–Crippen MR) is 201 cm³/mol. The Morgan fingerprint density at radius 3 is 1.35 bits per heavy atom. The molecule has 10 aromatic carbocycles. The molecule has 11 aromatic rings. The molecule has 46 heavy (non-hydrogen) atoms. The first-order chi connectivity index (χ1) is 22.8. The summed E-state index contributed by atoms with van der Waals surface area (Å²) in [5.41, 5.74) is 3.61. The molecule has 0 atom stereocenters. The molecule has 0 aliphatic heterocycles. The Morgan fingerprint density at radius 1 is 0.304 bits per heavy atom. The molecule has 0 N–H and O–H groups in total. The summed E-state index contributed by atoms with van der Waals surface area (Å²) in [4.78, 5) is 2.55. The summed E-state index contributed by atoms with van der Waals surface area (Å²) in [5, 5.41) is 18.2. The number of benzene rings is 10. The second-order valence-corrected chi connectivity index (χ2v) is 13.5. The average molecular weight is 600 g/mol. The molecule has 0 bridgehead atoms. The van der Waals surface area contributed by atoms with Crippen molar-refractivity contribution in [2.24, 2.45) is 0 Å². The number of fused-ring (bicyclic) bond motifs is 3. The van der Waals surface area contributed by atoms with Crippen molar-refractivity contribution in [1.82, 2.24) is 0 Å². The van der Waals surface area contributed by atoms with Gasteiger partial charge in [0.25, 0.3) is 0 Å². The lowest BCUT2D eigenvalue weighted by molar-refractivity contribution is 1.34. The number of thiophene rings is 1. The summed E-state index contributed by atoms with van der Waals surface area (Å²) in [7, 11) is 0. The molecular weight excluding hydrogens is 575 g/mol. The lowest BCUT2D eigenvalue weighted by atomic mass is 9.91. The minimum Gasteiger partial charge on any atom is -0.308 e. The van der Waals surface area contributed by atoms with Gasteiger partial charge in [0.05, 0.1) is 21.8 Å². The molecule has 0 saturated heterocycles. The maximum Gasteiger partial charge on any atom is 0.0640 e. The van der Waals surface area contributed by atoms with Crippen LogP contribution in [0.2, 0.25) is 0 Å². The lowest BCUT2D eigenvalue weighted by Gasteiger charge is -2.30. The monoisotopic (exact) mass is 599 g/mol. The second kappa shape index (κ2) is 8.94. The Bertz CT molecular complexity index is 2810. The van der Waals surface area contributed by atoms with Crippen LogP contribution in [-0.4, -0.2) is 0 Å². The molecule has 0 aliphatic carbocycles. The van der Waals surface area contributed by atoms with E-state index in [0.717, 1.165) is 0 Å². The van der Waals surface area contributed by atoms with Crippen molar-refractivity contribution in [1.29, 1.82) is 0 Å². The molecular formula is C44H25NS. The Labute approximate surface area is 268 Å². The van der Waals surface area contributed by atoms with Gasteiger partial charge in [-0.3, -0.25) is 0 Å². The van der Waals surface area contributed by atoms with Crippen molar-refractivity contribution in [3.63, 3.8) is 0 Å². The normalized spacial score (nSPS) is 12.3. The van der Waals surface area contributed by atoms with Gasteiger partial charge in [0.1, 0.15) is 0 Å². The predicted octanol–water partition coefficient (Wildman–Crippen LogP) is 13.3. The largest absolute Gasteiger partial charge is 0.308 e. The van der Waals surface area contributed by atoms with Crippen LogP contribution in [0.15, 0.2) is 152 Å². The molecule has 11 rings (SSSR count).